The maximum atomic E-state index is 12.8. The minimum absolute atomic E-state index is 0.0177. The summed E-state index contributed by atoms with van der Waals surface area (Å²) in [4.78, 5) is 17.6. The first-order valence-corrected chi connectivity index (χ1v) is 11.3. The standard InChI is InChI=1S/C25H31N3O3/c29-24(26-10-11-27-12-14-30-15-13-27)23-16-25(19-31-23)18-28(17-20-6-2-1-3-7-20)22-9-5-4-8-21(22)25/h1-9,23H,10-19H2,(H,26,29)/t23-,25+/m0/s1. The third-order valence-corrected chi connectivity index (χ3v) is 6.79. The second-order valence-electron chi connectivity index (χ2n) is 8.89. The molecule has 1 amide bonds. The number of fused-ring (bicyclic) bond motifs is 2. The van der Waals surface area contributed by atoms with Crippen molar-refractivity contribution in [3.63, 3.8) is 0 Å². The molecule has 0 bridgehead atoms. The fourth-order valence-corrected chi connectivity index (χ4v) is 5.15. The third-order valence-electron chi connectivity index (χ3n) is 6.79. The van der Waals surface area contributed by atoms with Crippen LogP contribution in [0.25, 0.3) is 0 Å². The number of para-hydroxylation sites is 1. The monoisotopic (exact) mass is 421 g/mol. The Kier molecular flexibility index (Phi) is 5.94. The summed E-state index contributed by atoms with van der Waals surface area (Å²) in [6.07, 6.45) is 0.355. The molecule has 164 valence electrons. The van der Waals surface area contributed by atoms with E-state index < -0.39 is 0 Å². The SMILES string of the molecule is O=C(NCCN1CCOCC1)[C@@H]1C[C@]2(CO1)CN(Cc1ccccc1)c1ccccc12. The van der Waals surface area contributed by atoms with E-state index in [2.05, 4.69) is 69.7 Å². The average Bonchev–Trinajstić information content (AvgIpc) is 3.38. The molecule has 3 heterocycles. The number of nitrogens with one attached hydrogen (secondary N) is 1. The minimum atomic E-state index is -0.380. The van der Waals surface area contributed by atoms with Crippen LogP contribution >= 0.6 is 0 Å². The summed E-state index contributed by atoms with van der Waals surface area (Å²) in [5.74, 6) is 0.0177. The normalized spacial score (nSPS) is 25.7. The lowest BCUT2D eigenvalue weighted by Crippen LogP contribution is -2.43. The minimum Gasteiger partial charge on any atom is -0.379 e. The summed E-state index contributed by atoms with van der Waals surface area (Å²) in [5.41, 5.74) is 3.76. The summed E-state index contributed by atoms with van der Waals surface area (Å²) >= 11 is 0. The number of rotatable bonds is 6. The van der Waals surface area contributed by atoms with Gasteiger partial charge in [-0.25, -0.2) is 0 Å². The Hall–Kier alpha value is -2.41. The lowest BCUT2D eigenvalue weighted by Gasteiger charge is -2.26. The number of benzene rings is 2. The van der Waals surface area contributed by atoms with Gasteiger partial charge in [0.1, 0.15) is 6.10 Å². The molecule has 6 heteroatoms. The molecule has 0 aliphatic carbocycles. The fraction of sp³-hybridized carbons (Fsp3) is 0.480. The van der Waals surface area contributed by atoms with Crippen LogP contribution in [0.3, 0.4) is 0 Å². The van der Waals surface area contributed by atoms with Crippen molar-refractivity contribution in [1.82, 2.24) is 10.2 Å². The van der Waals surface area contributed by atoms with Gasteiger partial charge in [-0.05, 0) is 23.6 Å². The largest absolute Gasteiger partial charge is 0.379 e. The van der Waals surface area contributed by atoms with Crippen LogP contribution in [0.4, 0.5) is 5.69 Å². The summed E-state index contributed by atoms with van der Waals surface area (Å²) in [6.45, 7) is 7.30. The highest BCUT2D eigenvalue weighted by Gasteiger charge is 2.50. The number of hydrogen-bond acceptors (Lipinski definition) is 5. The lowest BCUT2D eigenvalue weighted by atomic mass is 9.80. The Morgan fingerprint density at radius 3 is 2.68 bits per heavy atom. The van der Waals surface area contributed by atoms with Crippen LogP contribution in [0.5, 0.6) is 0 Å². The number of hydrogen-bond donors (Lipinski definition) is 1. The molecule has 2 atom stereocenters. The molecule has 0 aromatic heterocycles. The molecular weight excluding hydrogens is 390 g/mol. The van der Waals surface area contributed by atoms with Crippen LogP contribution in [-0.2, 0) is 26.2 Å². The molecule has 5 rings (SSSR count). The number of morpholine rings is 1. The Morgan fingerprint density at radius 2 is 1.84 bits per heavy atom. The molecule has 0 radical (unpaired) electrons. The lowest BCUT2D eigenvalue weighted by molar-refractivity contribution is -0.130. The average molecular weight is 422 g/mol. The zero-order valence-electron chi connectivity index (χ0n) is 18.0. The number of carbonyl (C=O) groups excluding carboxylic acids is 1. The highest BCUT2D eigenvalue weighted by atomic mass is 16.5. The molecule has 3 aliphatic rings. The van der Waals surface area contributed by atoms with E-state index in [1.807, 2.05) is 0 Å². The van der Waals surface area contributed by atoms with E-state index in [9.17, 15) is 4.79 Å². The topological polar surface area (TPSA) is 54.0 Å². The van der Waals surface area contributed by atoms with E-state index >= 15 is 0 Å². The van der Waals surface area contributed by atoms with Crippen LogP contribution in [0.1, 0.15) is 17.5 Å². The van der Waals surface area contributed by atoms with Crippen LogP contribution in [-0.4, -0.2) is 69.5 Å². The molecule has 1 spiro atoms. The van der Waals surface area contributed by atoms with Crippen molar-refractivity contribution in [3.8, 4) is 0 Å². The second-order valence-corrected chi connectivity index (χ2v) is 8.89. The van der Waals surface area contributed by atoms with Crippen LogP contribution < -0.4 is 10.2 Å². The van der Waals surface area contributed by atoms with Gasteiger partial charge in [-0.1, -0.05) is 48.5 Å². The maximum Gasteiger partial charge on any atom is 0.249 e. The van der Waals surface area contributed by atoms with Crippen molar-refractivity contribution in [2.24, 2.45) is 0 Å². The molecule has 3 aliphatic heterocycles. The van der Waals surface area contributed by atoms with Gasteiger partial charge in [0.25, 0.3) is 0 Å². The Balaban J connectivity index is 1.22. The molecule has 2 aromatic rings. The van der Waals surface area contributed by atoms with Crippen LogP contribution in [0.2, 0.25) is 0 Å². The number of amides is 1. The molecule has 2 saturated heterocycles. The third kappa shape index (κ3) is 4.33. The van der Waals surface area contributed by atoms with Crippen LogP contribution in [0.15, 0.2) is 54.6 Å². The van der Waals surface area contributed by atoms with Gasteiger partial charge in [0, 0.05) is 50.4 Å². The highest BCUT2D eigenvalue weighted by molar-refractivity contribution is 5.81. The first-order valence-electron chi connectivity index (χ1n) is 11.3. The summed E-state index contributed by atoms with van der Waals surface area (Å²) in [6, 6.07) is 19.2. The van der Waals surface area contributed by atoms with E-state index in [0.29, 0.717) is 13.2 Å². The van der Waals surface area contributed by atoms with Gasteiger partial charge >= 0.3 is 0 Å². The van der Waals surface area contributed by atoms with E-state index in [4.69, 9.17) is 9.47 Å². The van der Waals surface area contributed by atoms with E-state index in [-0.39, 0.29) is 17.4 Å². The zero-order valence-corrected chi connectivity index (χ0v) is 18.0. The van der Waals surface area contributed by atoms with Crippen molar-refractivity contribution in [2.75, 3.05) is 57.4 Å². The first-order chi connectivity index (χ1) is 15.2. The molecule has 0 unspecified atom stereocenters. The Bertz CT molecular complexity index is 900. The van der Waals surface area contributed by atoms with Crippen molar-refractivity contribution >= 4 is 11.6 Å². The van der Waals surface area contributed by atoms with Crippen LogP contribution in [0, 0.1) is 0 Å². The number of carbonyl (C=O) groups is 1. The molecule has 6 nitrogen and oxygen atoms in total. The summed E-state index contributed by atoms with van der Waals surface area (Å²) < 4.78 is 11.5. The molecular formula is C25H31N3O3. The zero-order chi connectivity index (χ0) is 21.1. The number of nitrogens with zero attached hydrogens (tertiary/aromatic N) is 2. The fourth-order valence-electron chi connectivity index (χ4n) is 5.15. The molecule has 2 fully saturated rings. The van der Waals surface area contributed by atoms with Gasteiger partial charge in [-0.2, -0.15) is 0 Å². The van der Waals surface area contributed by atoms with Gasteiger partial charge in [-0.3, -0.25) is 9.69 Å². The Labute approximate surface area is 184 Å². The highest BCUT2D eigenvalue weighted by Crippen LogP contribution is 2.47. The predicted molar refractivity (Wildman–Crippen MR) is 120 cm³/mol. The van der Waals surface area contributed by atoms with Crippen molar-refractivity contribution in [1.29, 1.82) is 0 Å². The van der Waals surface area contributed by atoms with Gasteiger partial charge in [0.2, 0.25) is 5.91 Å². The molecule has 0 saturated carbocycles. The Morgan fingerprint density at radius 1 is 1.06 bits per heavy atom. The van der Waals surface area contributed by atoms with Crippen molar-refractivity contribution in [3.05, 3.63) is 65.7 Å². The van der Waals surface area contributed by atoms with Gasteiger partial charge in [0.15, 0.2) is 0 Å². The quantitative estimate of drug-likeness (QED) is 0.775. The summed E-state index contributed by atoms with van der Waals surface area (Å²) in [7, 11) is 0. The first kappa shape index (κ1) is 20.5. The predicted octanol–water partition coefficient (Wildman–Crippen LogP) is 2.18. The van der Waals surface area contributed by atoms with Crippen molar-refractivity contribution < 1.29 is 14.3 Å². The van der Waals surface area contributed by atoms with Gasteiger partial charge in [0.05, 0.1) is 19.8 Å². The summed E-state index contributed by atoms with van der Waals surface area (Å²) in [5, 5.41) is 3.09. The number of anilines is 1. The maximum absolute atomic E-state index is 12.8. The second kappa shape index (κ2) is 8.99. The van der Waals surface area contributed by atoms with Crippen molar-refractivity contribution in [2.45, 2.75) is 24.5 Å². The molecule has 2 aromatic carbocycles. The smallest absolute Gasteiger partial charge is 0.249 e. The van der Waals surface area contributed by atoms with E-state index in [1.54, 1.807) is 0 Å². The number of ether oxygens (including phenoxy) is 2. The van der Waals surface area contributed by atoms with Gasteiger partial charge in [-0.15, -0.1) is 0 Å². The molecule has 1 N–H and O–H groups in total. The van der Waals surface area contributed by atoms with E-state index in [1.165, 1.54) is 16.8 Å². The van der Waals surface area contributed by atoms with E-state index in [0.717, 1.165) is 52.4 Å². The molecule has 31 heavy (non-hydrogen) atoms. The van der Waals surface area contributed by atoms with Gasteiger partial charge < -0.3 is 19.7 Å².